The highest BCUT2D eigenvalue weighted by Gasteiger charge is 2.29. The van der Waals surface area contributed by atoms with E-state index >= 15 is 0 Å². The Morgan fingerprint density at radius 2 is 1.75 bits per heavy atom. The van der Waals surface area contributed by atoms with Crippen molar-refractivity contribution >= 4 is 40.1 Å². The number of halogens is 2. The van der Waals surface area contributed by atoms with Crippen molar-refractivity contribution < 1.29 is 18.8 Å². The zero-order chi connectivity index (χ0) is 28.6. The molecule has 40 heavy (non-hydrogen) atoms. The molecule has 0 fully saturated rings. The van der Waals surface area contributed by atoms with Crippen LogP contribution in [0.3, 0.4) is 0 Å². The maximum absolute atomic E-state index is 13.4. The van der Waals surface area contributed by atoms with Crippen molar-refractivity contribution in [3.05, 3.63) is 110 Å². The first kappa shape index (κ1) is 27.6. The number of amides is 1. The van der Waals surface area contributed by atoms with Crippen LogP contribution in [0.25, 0.3) is 33.4 Å². The van der Waals surface area contributed by atoms with Gasteiger partial charge in [-0.05, 0) is 54.4 Å². The molecule has 2 heterocycles. The van der Waals surface area contributed by atoms with Gasteiger partial charge in [-0.1, -0.05) is 66.5 Å². The number of carbonyl (C=O) groups excluding carboxylic acids is 1. The molecule has 2 N–H and O–H groups in total. The van der Waals surface area contributed by atoms with Gasteiger partial charge in [-0.3, -0.25) is 9.59 Å². The summed E-state index contributed by atoms with van der Waals surface area (Å²) < 4.78 is 11.5. The molecule has 1 amide bonds. The number of aromatic nitrogens is 1. The van der Waals surface area contributed by atoms with Gasteiger partial charge in [0.25, 0.3) is 5.91 Å². The monoisotopic (exact) mass is 576 g/mol. The van der Waals surface area contributed by atoms with Gasteiger partial charge in [0.15, 0.2) is 5.43 Å². The second kappa shape index (κ2) is 11.3. The van der Waals surface area contributed by atoms with Crippen LogP contribution < -0.4 is 10.7 Å². The van der Waals surface area contributed by atoms with Crippen molar-refractivity contribution in [2.45, 2.75) is 32.8 Å². The summed E-state index contributed by atoms with van der Waals surface area (Å²) in [6.07, 6.45) is 0.220. The minimum absolute atomic E-state index is 0.0902. The summed E-state index contributed by atoms with van der Waals surface area (Å²) >= 11 is 12.9. The standard InChI is InChI=1S/C31H26Cl2N2O5/c1-4-34-31(38)18-10-8-17(9-11-18)21-15-39-24-14-19(12-13-20(24)29(21)37)28(36)26-27(35-40-30(26)16(2)3)25-22(32)6-5-7-23(25)33/h5-16,28,36H,4H2,1-3H3,(H,34,38). The molecule has 1 unspecified atom stereocenters. The topological polar surface area (TPSA) is 106 Å². The third-order valence-electron chi connectivity index (χ3n) is 6.66. The molecule has 0 spiro atoms. The molecule has 0 saturated heterocycles. The Kier molecular flexibility index (Phi) is 7.81. The van der Waals surface area contributed by atoms with Crippen LogP contribution in [0, 0.1) is 0 Å². The number of hydrogen-bond donors (Lipinski definition) is 2. The first-order valence-corrected chi connectivity index (χ1v) is 13.5. The lowest BCUT2D eigenvalue weighted by Gasteiger charge is -2.15. The number of aliphatic hydroxyl groups excluding tert-OH is 1. The molecule has 0 aliphatic rings. The van der Waals surface area contributed by atoms with Crippen LogP contribution in [0.2, 0.25) is 10.0 Å². The number of aliphatic hydroxyl groups is 1. The fraction of sp³-hybridized carbons (Fsp3) is 0.194. The predicted molar refractivity (Wildman–Crippen MR) is 156 cm³/mol. The molecule has 0 aliphatic heterocycles. The second-order valence-corrected chi connectivity index (χ2v) is 10.4. The van der Waals surface area contributed by atoms with E-state index in [9.17, 15) is 14.7 Å². The summed E-state index contributed by atoms with van der Waals surface area (Å²) in [4.78, 5) is 25.4. The van der Waals surface area contributed by atoms with Gasteiger partial charge in [0, 0.05) is 23.6 Å². The number of benzene rings is 3. The average Bonchev–Trinajstić information content (AvgIpc) is 3.38. The molecule has 5 aromatic rings. The number of carbonyl (C=O) groups is 1. The van der Waals surface area contributed by atoms with Crippen molar-refractivity contribution in [2.75, 3.05) is 6.54 Å². The number of hydrogen-bond acceptors (Lipinski definition) is 6. The molecule has 0 radical (unpaired) electrons. The normalized spacial score (nSPS) is 12.2. The van der Waals surface area contributed by atoms with Crippen LogP contribution in [-0.4, -0.2) is 22.7 Å². The lowest BCUT2D eigenvalue weighted by Crippen LogP contribution is -2.22. The second-order valence-electron chi connectivity index (χ2n) is 9.63. The fourth-order valence-electron chi connectivity index (χ4n) is 4.64. The van der Waals surface area contributed by atoms with Gasteiger partial charge in [0.2, 0.25) is 0 Å². The van der Waals surface area contributed by atoms with Crippen LogP contribution >= 0.6 is 23.2 Å². The van der Waals surface area contributed by atoms with Crippen LogP contribution in [0.4, 0.5) is 0 Å². The lowest BCUT2D eigenvalue weighted by atomic mass is 9.92. The van der Waals surface area contributed by atoms with Crippen LogP contribution in [0.5, 0.6) is 0 Å². The zero-order valence-corrected chi connectivity index (χ0v) is 23.5. The molecule has 9 heteroatoms. The Bertz CT molecular complexity index is 1750. The molecular weight excluding hydrogens is 551 g/mol. The Balaban J connectivity index is 1.55. The van der Waals surface area contributed by atoms with E-state index in [0.29, 0.717) is 72.4 Å². The highest BCUT2D eigenvalue weighted by atomic mass is 35.5. The van der Waals surface area contributed by atoms with Gasteiger partial charge in [-0.2, -0.15) is 0 Å². The lowest BCUT2D eigenvalue weighted by molar-refractivity contribution is 0.0956. The maximum Gasteiger partial charge on any atom is 0.251 e. The Labute approximate surface area is 240 Å². The Morgan fingerprint density at radius 3 is 2.40 bits per heavy atom. The fourth-order valence-corrected chi connectivity index (χ4v) is 5.22. The molecule has 5 rings (SSSR count). The van der Waals surface area contributed by atoms with E-state index in [-0.39, 0.29) is 17.3 Å². The van der Waals surface area contributed by atoms with Crippen molar-refractivity contribution in [1.29, 1.82) is 0 Å². The van der Waals surface area contributed by atoms with E-state index < -0.39 is 6.10 Å². The van der Waals surface area contributed by atoms with Crippen molar-refractivity contribution in [3.63, 3.8) is 0 Å². The highest BCUT2D eigenvalue weighted by Crippen LogP contribution is 2.42. The third kappa shape index (κ3) is 5.04. The largest absolute Gasteiger partial charge is 0.463 e. The Morgan fingerprint density at radius 1 is 1.05 bits per heavy atom. The average molecular weight is 577 g/mol. The SMILES string of the molecule is CCNC(=O)c1ccc(-c2coc3cc(C(O)c4c(-c5c(Cl)cccc5Cl)noc4C(C)C)ccc3c2=O)cc1. The minimum Gasteiger partial charge on any atom is -0.463 e. The van der Waals surface area contributed by atoms with Gasteiger partial charge in [-0.25, -0.2) is 0 Å². The van der Waals surface area contributed by atoms with Crippen molar-refractivity contribution in [1.82, 2.24) is 10.5 Å². The molecule has 0 bridgehead atoms. The van der Waals surface area contributed by atoms with Gasteiger partial charge >= 0.3 is 0 Å². The van der Waals surface area contributed by atoms with Crippen molar-refractivity contribution in [2.24, 2.45) is 0 Å². The summed E-state index contributed by atoms with van der Waals surface area (Å²) in [5.74, 6) is 0.220. The number of nitrogens with one attached hydrogen (secondary N) is 1. The summed E-state index contributed by atoms with van der Waals surface area (Å²) in [6, 6.07) is 16.8. The smallest absolute Gasteiger partial charge is 0.251 e. The predicted octanol–water partition coefficient (Wildman–Crippen LogP) is 7.38. The Hall–Kier alpha value is -3.91. The van der Waals surface area contributed by atoms with Gasteiger partial charge in [0.05, 0.1) is 26.6 Å². The number of fused-ring (bicyclic) bond motifs is 1. The molecule has 0 saturated carbocycles. The first-order chi connectivity index (χ1) is 19.2. The first-order valence-electron chi connectivity index (χ1n) is 12.8. The zero-order valence-electron chi connectivity index (χ0n) is 22.0. The molecule has 204 valence electrons. The number of rotatable bonds is 7. The molecule has 2 aromatic heterocycles. The van der Waals surface area contributed by atoms with E-state index in [0.717, 1.165) is 0 Å². The van der Waals surface area contributed by atoms with E-state index in [1.807, 2.05) is 20.8 Å². The van der Waals surface area contributed by atoms with Gasteiger partial charge in [-0.15, -0.1) is 0 Å². The summed E-state index contributed by atoms with van der Waals surface area (Å²) in [6.45, 7) is 6.23. The maximum atomic E-state index is 13.4. The summed E-state index contributed by atoms with van der Waals surface area (Å²) in [7, 11) is 0. The third-order valence-corrected chi connectivity index (χ3v) is 7.29. The molecule has 0 aliphatic carbocycles. The molecular formula is C31H26Cl2N2O5. The number of nitrogens with zero attached hydrogens (tertiary/aromatic N) is 1. The van der Waals surface area contributed by atoms with Crippen molar-refractivity contribution in [3.8, 4) is 22.4 Å². The summed E-state index contributed by atoms with van der Waals surface area (Å²) in [5.41, 5.74) is 3.29. The quantitative estimate of drug-likeness (QED) is 0.209. The highest BCUT2D eigenvalue weighted by molar-refractivity contribution is 6.39. The van der Waals surface area contributed by atoms with E-state index in [4.69, 9.17) is 32.1 Å². The summed E-state index contributed by atoms with van der Waals surface area (Å²) in [5, 5.41) is 19.6. The molecule has 3 aromatic carbocycles. The van der Waals surface area contributed by atoms with Crippen LogP contribution in [0.15, 0.2) is 80.7 Å². The van der Waals surface area contributed by atoms with Crippen LogP contribution in [-0.2, 0) is 0 Å². The van der Waals surface area contributed by atoms with Gasteiger partial charge < -0.3 is 19.4 Å². The van der Waals surface area contributed by atoms with E-state index in [1.54, 1.807) is 60.7 Å². The van der Waals surface area contributed by atoms with Gasteiger partial charge in [0.1, 0.15) is 29.4 Å². The van der Waals surface area contributed by atoms with E-state index in [1.165, 1.54) is 6.26 Å². The molecule has 7 nitrogen and oxygen atoms in total. The van der Waals surface area contributed by atoms with Crippen LogP contribution in [0.1, 0.15) is 60.0 Å². The molecule has 1 atom stereocenters. The minimum atomic E-state index is -1.16. The van der Waals surface area contributed by atoms with E-state index in [2.05, 4.69) is 10.5 Å².